The van der Waals surface area contributed by atoms with Crippen LogP contribution in [-0.2, 0) is 11.3 Å². The molecule has 1 aliphatic rings. The minimum Gasteiger partial charge on any atom is -0.481 e. The number of hydrogen-bond donors (Lipinski definition) is 2. The van der Waals surface area contributed by atoms with Gasteiger partial charge in [0.05, 0.1) is 13.0 Å². The molecule has 2 amide bonds. The molecule has 1 aliphatic carbocycles. The number of aliphatic carboxylic acids is 1. The third kappa shape index (κ3) is 3.97. The Bertz CT molecular complexity index is 467. The Labute approximate surface area is 110 Å². The lowest BCUT2D eigenvalue weighted by Crippen LogP contribution is -2.42. The lowest BCUT2D eigenvalue weighted by Gasteiger charge is -2.21. The maximum absolute atomic E-state index is 12.0. The average molecular weight is 267 g/mol. The summed E-state index contributed by atoms with van der Waals surface area (Å²) in [5, 5.41) is 15.2. The van der Waals surface area contributed by atoms with Gasteiger partial charge in [-0.3, -0.25) is 4.79 Å². The predicted molar refractivity (Wildman–Crippen MR) is 65.5 cm³/mol. The normalized spacial score (nSPS) is 14.2. The van der Waals surface area contributed by atoms with E-state index in [4.69, 9.17) is 9.63 Å². The van der Waals surface area contributed by atoms with E-state index in [1.54, 1.807) is 17.9 Å². The lowest BCUT2D eigenvalue weighted by molar-refractivity contribution is -0.137. The van der Waals surface area contributed by atoms with E-state index in [0.717, 1.165) is 12.8 Å². The molecule has 1 fully saturated rings. The van der Waals surface area contributed by atoms with Crippen LogP contribution in [0.4, 0.5) is 4.79 Å². The van der Waals surface area contributed by atoms with E-state index in [1.807, 2.05) is 0 Å². The van der Waals surface area contributed by atoms with Gasteiger partial charge in [0, 0.05) is 18.7 Å². The van der Waals surface area contributed by atoms with Crippen molar-refractivity contribution in [2.45, 2.75) is 38.8 Å². The van der Waals surface area contributed by atoms with Gasteiger partial charge in [-0.2, -0.15) is 0 Å². The molecule has 2 rings (SSSR count). The Hall–Kier alpha value is -2.05. The molecule has 1 saturated carbocycles. The van der Waals surface area contributed by atoms with Crippen LogP contribution >= 0.6 is 0 Å². The maximum Gasteiger partial charge on any atom is 0.317 e. The Balaban J connectivity index is 1.83. The molecular weight excluding hydrogens is 250 g/mol. The van der Waals surface area contributed by atoms with Crippen molar-refractivity contribution >= 4 is 12.0 Å². The molecular formula is C12H17N3O4. The highest BCUT2D eigenvalue weighted by Gasteiger charge is 2.32. The van der Waals surface area contributed by atoms with Gasteiger partial charge in [0.1, 0.15) is 11.5 Å². The summed E-state index contributed by atoms with van der Waals surface area (Å²) in [7, 11) is 0. The monoisotopic (exact) mass is 267 g/mol. The second kappa shape index (κ2) is 5.73. The molecule has 0 bridgehead atoms. The molecule has 7 heteroatoms. The van der Waals surface area contributed by atoms with E-state index < -0.39 is 5.97 Å². The Morgan fingerprint density at radius 1 is 1.58 bits per heavy atom. The fourth-order valence-corrected chi connectivity index (χ4v) is 1.82. The number of carbonyl (C=O) groups excluding carboxylic acids is 1. The van der Waals surface area contributed by atoms with Gasteiger partial charge in [-0.05, 0) is 19.8 Å². The predicted octanol–water partition coefficient (Wildman–Crippen LogP) is 1.13. The van der Waals surface area contributed by atoms with Gasteiger partial charge in [-0.25, -0.2) is 4.79 Å². The Kier molecular flexibility index (Phi) is 4.03. The third-order valence-electron chi connectivity index (χ3n) is 2.91. The Morgan fingerprint density at radius 3 is 2.84 bits per heavy atom. The van der Waals surface area contributed by atoms with Crippen LogP contribution in [0.5, 0.6) is 0 Å². The minimum absolute atomic E-state index is 0.0347. The standard InChI is InChI=1S/C12H17N3O4/c1-8-6-9(14-19-8)7-13-12(18)15(10-2-3-10)5-4-11(16)17/h6,10H,2-5,7H2,1H3,(H,13,18)(H,16,17). The van der Waals surface area contributed by atoms with Crippen LogP contribution in [0.1, 0.15) is 30.7 Å². The topological polar surface area (TPSA) is 95.7 Å². The van der Waals surface area contributed by atoms with Crippen LogP contribution in [0.15, 0.2) is 10.6 Å². The third-order valence-corrected chi connectivity index (χ3v) is 2.91. The molecule has 1 aromatic heterocycles. The number of nitrogens with zero attached hydrogens (tertiary/aromatic N) is 2. The summed E-state index contributed by atoms with van der Waals surface area (Å²) in [5.41, 5.74) is 0.653. The molecule has 0 unspecified atom stereocenters. The van der Waals surface area contributed by atoms with Crippen LogP contribution in [0.25, 0.3) is 0 Å². The lowest BCUT2D eigenvalue weighted by atomic mass is 10.3. The molecule has 7 nitrogen and oxygen atoms in total. The fourth-order valence-electron chi connectivity index (χ4n) is 1.82. The summed E-state index contributed by atoms with van der Waals surface area (Å²) in [6.07, 6.45) is 1.85. The van der Waals surface area contributed by atoms with Gasteiger partial charge in [0.25, 0.3) is 0 Å². The van der Waals surface area contributed by atoms with Crippen molar-refractivity contribution in [3.63, 3.8) is 0 Å². The highest BCUT2D eigenvalue weighted by atomic mass is 16.5. The van der Waals surface area contributed by atoms with Crippen LogP contribution in [0, 0.1) is 6.92 Å². The molecule has 1 aromatic rings. The van der Waals surface area contributed by atoms with Gasteiger partial charge >= 0.3 is 12.0 Å². The number of carbonyl (C=O) groups is 2. The van der Waals surface area contributed by atoms with Crippen molar-refractivity contribution < 1.29 is 19.2 Å². The summed E-state index contributed by atoms with van der Waals surface area (Å²) in [6.45, 7) is 2.30. The molecule has 0 spiro atoms. The zero-order valence-electron chi connectivity index (χ0n) is 10.8. The van der Waals surface area contributed by atoms with Gasteiger partial charge in [-0.1, -0.05) is 5.16 Å². The minimum atomic E-state index is -0.898. The number of aryl methyl sites for hydroxylation is 1. The number of hydrogen-bond acceptors (Lipinski definition) is 4. The number of urea groups is 1. The van der Waals surface area contributed by atoms with E-state index in [9.17, 15) is 9.59 Å². The van der Waals surface area contributed by atoms with Gasteiger partial charge in [0.15, 0.2) is 0 Å². The number of amides is 2. The SMILES string of the molecule is Cc1cc(CNC(=O)N(CCC(=O)O)C2CC2)no1. The number of rotatable bonds is 6. The van der Waals surface area contributed by atoms with Crippen LogP contribution in [0.2, 0.25) is 0 Å². The van der Waals surface area contributed by atoms with E-state index in [2.05, 4.69) is 10.5 Å². The van der Waals surface area contributed by atoms with E-state index >= 15 is 0 Å². The molecule has 0 atom stereocenters. The second-order valence-corrected chi connectivity index (χ2v) is 4.66. The summed E-state index contributed by atoms with van der Waals surface area (Å²) in [4.78, 5) is 24.1. The van der Waals surface area contributed by atoms with Gasteiger partial charge in [0.2, 0.25) is 0 Å². The maximum atomic E-state index is 12.0. The number of aromatic nitrogens is 1. The van der Waals surface area contributed by atoms with Crippen molar-refractivity contribution in [2.24, 2.45) is 0 Å². The van der Waals surface area contributed by atoms with E-state index in [1.165, 1.54) is 0 Å². The van der Waals surface area contributed by atoms with Gasteiger partial charge < -0.3 is 19.8 Å². The number of nitrogens with one attached hydrogen (secondary N) is 1. The highest BCUT2D eigenvalue weighted by Crippen LogP contribution is 2.26. The summed E-state index contributed by atoms with van der Waals surface area (Å²) < 4.78 is 4.90. The fraction of sp³-hybridized carbons (Fsp3) is 0.583. The zero-order chi connectivity index (χ0) is 13.8. The van der Waals surface area contributed by atoms with Crippen molar-refractivity contribution in [1.82, 2.24) is 15.4 Å². The molecule has 19 heavy (non-hydrogen) atoms. The first-order chi connectivity index (χ1) is 9.06. The zero-order valence-corrected chi connectivity index (χ0v) is 10.8. The van der Waals surface area contributed by atoms with Gasteiger partial charge in [-0.15, -0.1) is 0 Å². The highest BCUT2D eigenvalue weighted by molar-refractivity contribution is 5.76. The first-order valence-electron chi connectivity index (χ1n) is 6.24. The van der Waals surface area contributed by atoms with Crippen molar-refractivity contribution in [1.29, 1.82) is 0 Å². The van der Waals surface area contributed by atoms with Crippen molar-refractivity contribution in [3.05, 3.63) is 17.5 Å². The second-order valence-electron chi connectivity index (χ2n) is 4.66. The Morgan fingerprint density at radius 2 is 2.32 bits per heavy atom. The first-order valence-corrected chi connectivity index (χ1v) is 6.24. The summed E-state index contributed by atoms with van der Waals surface area (Å²) in [5.74, 6) is -0.209. The first kappa shape index (κ1) is 13.4. The molecule has 104 valence electrons. The number of carboxylic acid groups (broad SMARTS) is 1. The molecule has 0 aliphatic heterocycles. The molecule has 1 heterocycles. The molecule has 0 radical (unpaired) electrons. The molecule has 0 saturated heterocycles. The van der Waals surface area contributed by atoms with Crippen LogP contribution < -0.4 is 5.32 Å². The van der Waals surface area contributed by atoms with Crippen molar-refractivity contribution in [2.75, 3.05) is 6.54 Å². The van der Waals surface area contributed by atoms with E-state index in [0.29, 0.717) is 11.5 Å². The van der Waals surface area contributed by atoms with E-state index in [-0.39, 0.29) is 31.6 Å². The largest absolute Gasteiger partial charge is 0.481 e. The number of carboxylic acids is 1. The summed E-state index contributed by atoms with van der Waals surface area (Å²) >= 11 is 0. The van der Waals surface area contributed by atoms with Crippen LogP contribution in [-0.4, -0.2) is 39.8 Å². The van der Waals surface area contributed by atoms with Crippen LogP contribution in [0.3, 0.4) is 0 Å². The van der Waals surface area contributed by atoms with Crippen molar-refractivity contribution in [3.8, 4) is 0 Å². The smallest absolute Gasteiger partial charge is 0.317 e. The molecule has 0 aromatic carbocycles. The summed E-state index contributed by atoms with van der Waals surface area (Å²) in [6, 6.07) is 1.68. The molecule has 2 N–H and O–H groups in total. The average Bonchev–Trinajstić information content (AvgIpc) is 3.09. The quantitative estimate of drug-likeness (QED) is 0.805.